The van der Waals surface area contributed by atoms with Crippen molar-refractivity contribution in [2.75, 3.05) is 33.1 Å². The van der Waals surface area contributed by atoms with E-state index in [4.69, 9.17) is 13.9 Å². The van der Waals surface area contributed by atoms with Gasteiger partial charge in [0.15, 0.2) is 8.32 Å². The van der Waals surface area contributed by atoms with E-state index in [0.29, 0.717) is 26.1 Å². The first-order chi connectivity index (χ1) is 13.2. The number of ether oxygens (including phenoxy) is 2. The first-order valence-electron chi connectivity index (χ1n) is 9.66. The van der Waals surface area contributed by atoms with Crippen LogP contribution in [0.15, 0.2) is 6.07 Å². The normalized spacial score (nSPS) is 18.8. The van der Waals surface area contributed by atoms with E-state index in [1.165, 1.54) is 28.4 Å². The molecule has 0 N–H and O–H groups in total. The highest BCUT2D eigenvalue weighted by molar-refractivity contribution is 7.88. The molecule has 0 saturated carbocycles. The van der Waals surface area contributed by atoms with Gasteiger partial charge in [-0.25, -0.2) is 13.2 Å². The highest BCUT2D eigenvalue weighted by atomic mass is 32.2. The molecule has 0 aromatic carbocycles. The van der Waals surface area contributed by atoms with E-state index in [0.717, 1.165) is 0 Å². The number of hydrogen-bond donors (Lipinski definition) is 0. The molecule has 11 heteroatoms. The van der Waals surface area contributed by atoms with E-state index in [2.05, 4.69) is 39.0 Å². The zero-order valence-corrected chi connectivity index (χ0v) is 20.2. The molecule has 1 atom stereocenters. The Kier molecular flexibility index (Phi) is 7.19. The molecule has 1 saturated heterocycles. The summed E-state index contributed by atoms with van der Waals surface area (Å²) in [6.45, 7) is 12.3. The summed E-state index contributed by atoms with van der Waals surface area (Å²) < 4.78 is 43.1. The lowest BCUT2D eigenvalue weighted by atomic mass is 10.2. The fraction of sp³-hybridized carbons (Fsp3) is 0.778. The predicted molar refractivity (Wildman–Crippen MR) is 112 cm³/mol. The van der Waals surface area contributed by atoms with Gasteiger partial charge in [-0.1, -0.05) is 20.8 Å². The molecule has 0 radical (unpaired) electrons. The fourth-order valence-electron chi connectivity index (χ4n) is 2.76. The lowest BCUT2D eigenvalue weighted by Gasteiger charge is -2.36. The van der Waals surface area contributed by atoms with Gasteiger partial charge in [0.05, 0.1) is 33.1 Å². The van der Waals surface area contributed by atoms with Crippen LogP contribution in [0, 0.1) is 0 Å². The molecule has 0 aliphatic carbocycles. The summed E-state index contributed by atoms with van der Waals surface area (Å²) in [4.78, 5) is 12.1. The molecule has 1 fully saturated rings. The van der Waals surface area contributed by atoms with E-state index >= 15 is 0 Å². The van der Waals surface area contributed by atoms with Gasteiger partial charge < -0.3 is 13.9 Å². The molecule has 0 amide bonds. The van der Waals surface area contributed by atoms with Gasteiger partial charge >= 0.3 is 5.97 Å². The summed E-state index contributed by atoms with van der Waals surface area (Å²) in [6, 6.07) is 1.53. The number of aromatic nitrogens is 2. The maximum atomic E-state index is 12.1. The van der Waals surface area contributed by atoms with E-state index in [-0.39, 0.29) is 29.3 Å². The minimum Gasteiger partial charge on any atom is -0.472 e. The van der Waals surface area contributed by atoms with Crippen molar-refractivity contribution in [3.05, 3.63) is 11.8 Å². The van der Waals surface area contributed by atoms with Crippen LogP contribution >= 0.6 is 0 Å². The van der Waals surface area contributed by atoms with Crippen LogP contribution in [0.4, 0.5) is 0 Å². The Morgan fingerprint density at radius 1 is 1.34 bits per heavy atom. The lowest BCUT2D eigenvalue weighted by molar-refractivity contribution is 0.0585. The first-order valence-corrected chi connectivity index (χ1v) is 14.4. The molecule has 1 aliphatic rings. The van der Waals surface area contributed by atoms with Crippen LogP contribution in [0.1, 0.15) is 37.7 Å². The standard InChI is InChI=1S/C18H33N3O6SSi/c1-18(2,3)29(6,7)26-11-10-21-15(17(22)25-4)12-16(19-21)27-14-8-9-20(13-14)28(5,23)24/h12,14H,8-11,13H2,1-7H3/t14-/m0/s1. The quantitative estimate of drug-likeness (QED) is 0.444. The van der Waals surface area contributed by atoms with Gasteiger partial charge in [-0.2, -0.15) is 4.31 Å². The van der Waals surface area contributed by atoms with Crippen LogP contribution in [0.2, 0.25) is 18.1 Å². The maximum absolute atomic E-state index is 12.1. The van der Waals surface area contributed by atoms with Crippen molar-refractivity contribution in [2.24, 2.45) is 0 Å². The molecule has 9 nitrogen and oxygen atoms in total. The summed E-state index contributed by atoms with van der Waals surface area (Å²) in [6.07, 6.45) is 1.45. The Balaban J connectivity index is 2.07. The number of nitrogens with zero attached hydrogens (tertiary/aromatic N) is 3. The SMILES string of the molecule is COC(=O)c1cc(O[C@H]2CCN(S(C)(=O)=O)C2)nn1CCO[Si](C)(C)C(C)(C)C. The molecule has 0 spiro atoms. The molecule has 1 aliphatic heterocycles. The van der Waals surface area contributed by atoms with Crippen molar-refractivity contribution in [3.8, 4) is 5.88 Å². The fourth-order valence-corrected chi connectivity index (χ4v) is 4.67. The number of methoxy groups -OCH3 is 1. The predicted octanol–water partition coefficient (Wildman–Crippen LogP) is 2.10. The van der Waals surface area contributed by atoms with Crippen molar-refractivity contribution in [1.29, 1.82) is 0 Å². The zero-order valence-electron chi connectivity index (χ0n) is 18.4. The number of esters is 1. The third-order valence-electron chi connectivity index (χ3n) is 5.59. The average molecular weight is 448 g/mol. The molecule has 0 unspecified atom stereocenters. The molecular formula is C18H33N3O6SSi. The summed E-state index contributed by atoms with van der Waals surface area (Å²) >= 11 is 0. The van der Waals surface area contributed by atoms with Crippen molar-refractivity contribution in [3.63, 3.8) is 0 Å². The average Bonchev–Trinajstić information content (AvgIpc) is 3.20. The topological polar surface area (TPSA) is 100.0 Å². The number of hydrogen-bond acceptors (Lipinski definition) is 7. The Labute approximate surface area is 174 Å². The molecule has 166 valence electrons. The molecule has 29 heavy (non-hydrogen) atoms. The van der Waals surface area contributed by atoms with Crippen molar-refractivity contribution in [2.45, 2.75) is 58.0 Å². The number of rotatable bonds is 8. The van der Waals surface area contributed by atoms with Gasteiger partial charge in [0.2, 0.25) is 15.9 Å². The van der Waals surface area contributed by atoms with Gasteiger partial charge in [0.25, 0.3) is 0 Å². The third-order valence-corrected chi connectivity index (χ3v) is 11.4. The van der Waals surface area contributed by atoms with Crippen molar-refractivity contribution >= 4 is 24.3 Å². The molecular weight excluding hydrogens is 414 g/mol. The second-order valence-corrected chi connectivity index (χ2v) is 15.6. The summed E-state index contributed by atoms with van der Waals surface area (Å²) in [5.41, 5.74) is 0.277. The van der Waals surface area contributed by atoms with Crippen molar-refractivity contribution < 1.29 is 27.1 Å². The summed E-state index contributed by atoms with van der Waals surface area (Å²) in [5.74, 6) is -0.234. The second-order valence-electron chi connectivity index (χ2n) is 8.84. The van der Waals surface area contributed by atoms with Crippen LogP contribution < -0.4 is 4.74 Å². The smallest absolute Gasteiger partial charge is 0.356 e. The minimum atomic E-state index is -3.25. The van der Waals surface area contributed by atoms with Gasteiger partial charge in [0, 0.05) is 12.6 Å². The van der Waals surface area contributed by atoms with Crippen LogP contribution in [-0.2, 0) is 25.7 Å². The monoisotopic (exact) mass is 447 g/mol. The molecule has 2 heterocycles. The zero-order chi connectivity index (χ0) is 22.0. The lowest BCUT2D eigenvalue weighted by Crippen LogP contribution is -2.41. The van der Waals surface area contributed by atoms with Crippen LogP contribution in [0.25, 0.3) is 0 Å². The first kappa shape index (κ1) is 23.8. The van der Waals surface area contributed by atoms with E-state index in [9.17, 15) is 13.2 Å². The Morgan fingerprint density at radius 2 is 2.00 bits per heavy atom. The molecule has 0 bridgehead atoms. The van der Waals surface area contributed by atoms with Gasteiger partial charge in [-0.05, 0) is 24.6 Å². The number of carbonyl (C=O) groups excluding carboxylic acids is 1. The Bertz CT molecular complexity index is 831. The molecule has 2 rings (SSSR count). The largest absolute Gasteiger partial charge is 0.472 e. The minimum absolute atomic E-state index is 0.0878. The highest BCUT2D eigenvalue weighted by Gasteiger charge is 2.37. The van der Waals surface area contributed by atoms with Crippen LogP contribution in [0.3, 0.4) is 0 Å². The van der Waals surface area contributed by atoms with Crippen molar-refractivity contribution in [1.82, 2.24) is 14.1 Å². The third kappa shape index (κ3) is 6.03. The molecule has 1 aromatic rings. The van der Waals surface area contributed by atoms with E-state index in [1.807, 2.05) is 0 Å². The Morgan fingerprint density at radius 3 is 2.52 bits per heavy atom. The van der Waals surface area contributed by atoms with Gasteiger partial charge in [-0.15, -0.1) is 5.10 Å². The number of carbonyl (C=O) groups is 1. The van der Waals surface area contributed by atoms with Gasteiger partial charge in [-0.3, -0.25) is 4.68 Å². The summed E-state index contributed by atoms with van der Waals surface area (Å²) in [7, 11) is -3.84. The second kappa shape index (κ2) is 8.74. The number of sulfonamides is 1. The molecule has 1 aromatic heterocycles. The summed E-state index contributed by atoms with van der Waals surface area (Å²) in [5, 5.41) is 4.46. The maximum Gasteiger partial charge on any atom is 0.356 e. The Hall–Kier alpha value is -1.43. The van der Waals surface area contributed by atoms with Crippen LogP contribution in [-0.4, -0.2) is 76.0 Å². The van der Waals surface area contributed by atoms with E-state index < -0.39 is 24.3 Å². The van der Waals surface area contributed by atoms with Crippen LogP contribution in [0.5, 0.6) is 5.88 Å². The highest BCUT2D eigenvalue weighted by Crippen LogP contribution is 2.36. The van der Waals surface area contributed by atoms with E-state index in [1.54, 1.807) is 0 Å². The van der Waals surface area contributed by atoms with Gasteiger partial charge in [0.1, 0.15) is 11.8 Å².